The summed E-state index contributed by atoms with van der Waals surface area (Å²) in [6.07, 6.45) is 4.84. The Morgan fingerprint density at radius 3 is 3.00 bits per heavy atom. The highest BCUT2D eigenvalue weighted by atomic mass is 32.2. The second kappa shape index (κ2) is 9.09. The number of aromatic nitrogens is 4. The van der Waals surface area contributed by atoms with Crippen LogP contribution in [0.3, 0.4) is 0 Å². The number of para-hydroxylation sites is 1. The van der Waals surface area contributed by atoms with Crippen LogP contribution in [0.4, 0.5) is 0 Å². The van der Waals surface area contributed by atoms with Crippen molar-refractivity contribution >= 4 is 22.7 Å². The van der Waals surface area contributed by atoms with Crippen molar-refractivity contribution in [1.82, 2.24) is 24.6 Å². The lowest BCUT2D eigenvalue weighted by molar-refractivity contribution is -0.0158. The molecule has 2 fully saturated rings. The van der Waals surface area contributed by atoms with E-state index in [9.17, 15) is 0 Å². The van der Waals surface area contributed by atoms with E-state index < -0.39 is 0 Å². The van der Waals surface area contributed by atoms with Gasteiger partial charge in [0.15, 0.2) is 11.0 Å². The lowest BCUT2D eigenvalue weighted by atomic mass is 10.1. The first-order valence-corrected chi connectivity index (χ1v) is 11.8. The second-order valence-corrected chi connectivity index (χ2v) is 9.19. The molecule has 1 aromatic carbocycles. The number of hydrogen-bond acceptors (Lipinski definition) is 6. The van der Waals surface area contributed by atoms with Gasteiger partial charge < -0.3 is 14.5 Å². The Kier molecular flexibility index (Phi) is 6.08. The fraction of sp³-hybridized carbons (Fsp3) is 0.545. The minimum Gasteiger partial charge on any atom is -0.376 e. The maximum atomic E-state index is 5.94. The van der Waals surface area contributed by atoms with E-state index in [1.54, 1.807) is 11.8 Å². The highest BCUT2D eigenvalue weighted by Gasteiger charge is 2.23. The summed E-state index contributed by atoms with van der Waals surface area (Å²) in [5.74, 6) is 1.91. The molecule has 2 saturated heterocycles. The quantitative estimate of drug-likeness (QED) is 0.583. The number of hydrogen-bond donors (Lipinski definition) is 1. The zero-order chi connectivity index (χ0) is 20.3. The molecule has 2 aliphatic rings. The predicted octanol–water partition coefficient (Wildman–Crippen LogP) is 3.42. The highest BCUT2D eigenvalue weighted by molar-refractivity contribution is 7.99. The summed E-state index contributed by atoms with van der Waals surface area (Å²) in [5, 5.41) is 11.3. The van der Waals surface area contributed by atoms with E-state index >= 15 is 0 Å². The number of ether oxygens (including phenoxy) is 2. The Bertz CT molecular complexity index is 981. The number of aromatic amines is 1. The van der Waals surface area contributed by atoms with E-state index in [-0.39, 0.29) is 6.10 Å². The van der Waals surface area contributed by atoms with Crippen molar-refractivity contribution in [3.63, 3.8) is 0 Å². The summed E-state index contributed by atoms with van der Waals surface area (Å²) < 4.78 is 13.9. The predicted molar refractivity (Wildman–Crippen MR) is 119 cm³/mol. The molecule has 2 aliphatic heterocycles. The minimum absolute atomic E-state index is 0.240. The van der Waals surface area contributed by atoms with Crippen LogP contribution < -0.4 is 0 Å². The molecule has 3 aromatic rings. The van der Waals surface area contributed by atoms with Gasteiger partial charge in [-0.3, -0.25) is 9.47 Å². The molecule has 1 N–H and O–H groups in total. The molecule has 7 nitrogen and oxygen atoms in total. The Labute approximate surface area is 181 Å². The normalized spacial score (nSPS) is 22.8. The van der Waals surface area contributed by atoms with Gasteiger partial charge in [-0.15, -0.1) is 10.2 Å². The zero-order valence-electron chi connectivity index (χ0n) is 17.4. The van der Waals surface area contributed by atoms with Crippen molar-refractivity contribution in [2.45, 2.75) is 43.7 Å². The van der Waals surface area contributed by atoms with Crippen molar-refractivity contribution in [1.29, 1.82) is 0 Å². The fourth-order valence-corrected chi connectivity index (χ4v) is 5.31. The molecule has 4 heterocycles. The molecule has 0 unspecified atom stereocenters. The first kappa shape index (κ1) is 20.1. The van der Waals surface area contributed by atoms with E-state index in [0.29, 0.717) is 6.10 Å². The first-order chi connectivity index (χ1) is 14.8. The van der Waals surface area contributed by atoms with Crippen LogP contribution >= 0.6 is 11.8 Å². The van der Waals surface area contributed by atoms with Gasteiger partial charge >= 0.3 is 0 Å². The zero-order valence-corrected chi connectivity index (χ0v) is 18.2. The average Bonchev–Trinajstić information content (AvgIpc) is 3.49. The number of morpholine rings is 1. The summed E-state index contributed by atoms with van der Waals surface area (Å²) in [6, 6.07) is 8.35. The van der Waals surface area contributed by atoms with Gasteiger partial charge in [0, 0.05) is 54.7 Å². The lowest BCUT2D eigenvalue weighted by Crippen LogP contribution is -2.42. The molecule has 8 heteroatoms. The van der Waals surface area contributed by atoms with Crippen LogP contribution in [0.15, 0.2) is 35.6 Å². The molecule has 0 spiro atoms. The van der Waals surface area contributed by atoms with Gasteiger partial charge in [0.05, 0.1) is 25.4 Å². The van der Waals surface area contributed by atoms with Crippen LogP contribution in [-0.4, -0.2) is 75.5 Å². The summed E-state index contributed by atoms with van der Waals surface area (Å²) >= 11 is 1.79. The molecule has 160 valence electrons. The lowest BCUT2D eigenvalue weighted by Gasteiger charge is -2.30. The van der Waals surface area contributed by atoms with Gasteiger partial charge in [0.25, 0.3) is 0 Å². The Morgan fingerprint density at radius 2 is 2.13 bits per heavy atom. The summed E-state index contributed by atoms with van der Waals surface area (Å²) in [7, 11) is 0. The van der Waals surface area contributed by atoms with Crippen LogP contribution in [0.1, 0.15) is 19.8 Å². The molecule has 0 aliphatic carbocycles. The summed E-state index contributed by atoms with van der Waals surface area (Å²) in [4.78, 5) is 5.84. The number of rotatable bonds is 7. The molecule has 0 saturated carbocycles. The third-order valence-electron chi connectivity index (χ3n) is 5.92. The van der Waals surface area contributed by atoms with Gasteiger partial charge in [-0.2, -0.15) is 0 Å². The number of nitrogens with zero attached hydrogens (tertiary/aromatic N) is 4. The highest BCUT2D eigenvalue weighted by Crippen LogP contribution is 2.31. The first-order valence-electron chi connectivity index (χ1n) is 10.9. The minimum atomic E-state index is 0.240. The number of nitrogens with one attached hydrogen (secondary N) is 1. The Hall–Kier alpha value is -1.87. The Balaban J connectivity index is 1.37. The molecule has 2 atom stereocenters. The van der Waals surface area contributed by atoms with E-state index in [4.69, 9.17) is 9.47 Å². The summed E-state index contributed by atoms with van der Waals surface area (Å²) in [6.45, 7) is 7.67. The monoisotopic (exact) mass is 427 g/mol. The molecular weight excluding hydrogens is 398 g/mol. The maximum absolute atomic E-state index is 5.94. The molecule has 30 heavy (non-hydrogen) atoms. The van der Waals surface area contributed by atoms with Gasteiger partial charge in [-0.1, -0.05) is 30.0 Å². The van der Waals surface area contributed by atoms with Crippen molar-refractivity contribution in [3.05, 3.63) is 30.5 Å². The third kappa shape index (κ3) is 4.27. The molecule has 0 amide bonds. The van der Waals surface area contributed by atoms with Crippen LogP contribution in [0, 0.1) is 0 Å². The standard InChI is InChI=1S/C22H29N5O2S/c1-16-14-26(8-11-28-16)9-12-30-22-25-24-21(27(22)15-17-5-4-10-29-17)19-13-23-20-7-3-2-6-18(19)20/h2-3,6-7,13,16-17,23H,4-5,8-12,14-15H2,1H3/t16-,17+/m1/s1. The van der Waals surface area contributed by atoms with Gasteiger partial charge in [-0.25, -0.2) is 0 Å². The van der Waals surface area contributed by atoms with Crippen LogP contribution in [0.25, 0.3) is 22.3 Å². The van der Waals surface area contributed by atoms with Crippen molar-refractivity contribution in [2.75, 3.05) is 38.6 Å². The SMILES string of the molecule is C[C@@H]1CN(CCSc2nnc(-c3c[nH]c4ccccc34)n2C[C@@H]2CCCO2)CCO1. The van der Waals surface area contributed by atoms with Crippen LogP contribution in [-0.2, 0) is 16.0 Å². The van der Waals surface area contributed by atoms with Crippen molar-refractivity contribution in [3.8, 4) is 11.4 Å². The number of fused-ring (bicyclic) bond motifs is 1. The topological polar surface area (TPSA) is 68.2 Å². The second-order valence-electron chi connectivity index (χ2n) is 8.13. The van der Waals surface area contributed by atoms with Crippen molar-refractivity contribution < 1.29 is 9.47 Å². The summed E-state index contributed by atoms with van der Waals surface area (Å²) in [5.41, 5.74) is 2.22. The van der Waals surface area contributed by atoms with Gasteiger partial charge in [-0.05, 0) is 25.8 Å². The van der Waals surface area contributed by atoms with Gasteiger partial charge in [0.1, 0.15) is 0 Å². The maximum Gasteiger partial charge on any atom is 0.191 e. The van der Waals surface area contributed by atoms with E-state index in [1.165, 1.54) is 5.39 Å². The Morgan fingerprint density at radius 1 is 1.20 bits per heavy atom. The molecular formula is C22H29N5O2S. The molecule has 2 aromatic heterocycles. The fourth-order valence-electron chi connectivity index (χ4n) is 4.37. The van der Waals surface area contributed by atoms with Crippen LogP contribution in [0.2, 0.25) is 0 Å². The van der Waals surface area contributed by atoms with E-state index in [2.05, 4.69) is 49.8 Å². The number of H-pyrrole nitrogens is 1. The smallest absolute Gasteiger partial charge is 0.191 e. The van der Waals surface area contributed by atoms with Crippen molar-refractivity contribution in [2.24, 2.45) is 0 Å². The van der Waals surface area contributed by atoms with E-state index in [0.717, 1.165) is 80.0 Å². The third-order valence-corrected chi connectivity index (χ3v) is 6.87. The number of benzene rings is 1. The van der Waals surface area contributed by atoms with E-state index in [1.807, 2.05) is 12.3 Å². The molecule has 0 bridgehead atoms. The largest absolute Gasteiger partial charge is 0.376 e. The average molecular weight is 428 g/mol. The van der Waals surface area contributed by atoms with Crippen LogP contribution in [0.5, 0.6) is 0 Å². The molecule has 5 rings (SSSR count). The van der Waals surface area contributed by atoms with Gasteiger partial charge in [0.2, 0.25) is 0 Å². The number of thioether (sulfide) groups is 1. The molecule has 0 radical (unpaired) electrons.